The maximum Gasteiger partial charge on any atom is 0.238 e. The number of rotatable bonds is 6. The number of hydrogen-bond donors (Lipinski definition) is 4. The van der Waals surface area contributed by atoms with Crippen LogP contribution in [0.25, 0.3) is 22.3 Å². The van der Waals surface area contributed by atoms with Crippen molar-refractivity contribution in [2.75, 3.05) is 13.2 Å². The van der Waals surface area contributed by atoms with Gasteiger partial charge in [0.1, 0.15) is 34.8 Å². The van der Waals surface area contributed by atoms with Gasteiger partial charge in [0.05, 0.1) is 6.61 Å². The normalized spacial score (nSPS) is 11.3. The van der Waals surface area contributed by atoms with Crippen LogP contribution >= 0.6 is 0 Å². The van der Waals surface area contributed by atoms with Crippen molar-refractivity contribution in [1.29, 1.82) is 0 Å². The van der Waals surface area contributed by atoms with Crippen LogP contribution in [0.3, 0.4) is 0 Å². The molecule has 28 heavy (non-hydrogen) atoms. The van der Waals surface area contributed by atoms with E-state index in [2.05, 4.69) is 0 Å². The van der Waals surface area contributed by atoms with Gasteiger partial charge in [0, 0.05) is 17.7 Å². The fourth-order valence-corrected chi connectivity index (χ4v) is 3.06. The Balaban J connectivity index is 2.21. The van der Waals surface area contributed by atoms with Crippen LogP contribution in [0.15, 0.2) is 39.5 Å². The van der Waals surface area contributed by atoms with Crippen LogP contribution in [0.5, 0.6) is 23.0 Å². The van der Waals surface area contributed by atoms with Crippen molar-refractivity contribution in [1.82, 2.24) is 0 Å². The number of fused-ring (bicyclic) bond motifs is 1. The Labute approximate surface area is 161 Å². The van der Waals surface area contributed by atoms with E-state index in [4.69, 9.17) is 14.3 Å². The van der Waals surface area contributed by atoms with Crippen molar-refractivity contribution in [2.24, 2.45) is 5.92 Å². The third kappa shape index (κ3) is 3.75. The minimum Gasteiger partial charge on any atom is -0.508 e. The zero-order valence-corrected chi connectivity index (χ0v) is 15.6. The van der Waals surface area contributed by atoms with Crippen molar-refractivity contribution < 1.29 is 29.6 Å². The summed E-state index contributed by atoms with van der Waals surface area (Å²) in [6, 6.07) is 7.14. The summed E-state index contributed by atoms with van der Waals surface area (Å²) in [5, 5.41) is 39.3. The quantitative estimate of drug-likeness (QED) is 0.513. The van der Waals surface area contributed by atoms with Crippen LogP contribution in [0.4, 0.5) is 0 Å². The monoisotopic (exact) mass is 386 g/mol. The zero-order valence-electron chi connectivity index (χ0n) is 15.6. The van der Waals surface area contributed by atoms with Gasteiger partial charge < -0.3 is 29.6 Å². The van der Waals surface area contributed by atoms with Crippen LogP contribution in [0.2, 0.25) is 0 Å². The SMILES string of the molecule is CC(C)Cc1cc(-c2oc3cc(O)cc(OCCO)c3c(=O)c2O)ccc1O. The molecule has 0 aliphatic rings. The van der Waals surface area contributed by atoms with Crippen molar-refractivity contribution >= 4 is 11.0 Å². The Bertz CT molecular complexity index is 1070. The number of benzene rings is 2. The molecule has 0 atom stereocenters. The molecule has 0 bridgehead atoms. The minimum atomic E-state index is -0.720. The van der Waals surface area contributed by atoms with Gasteiger partial charge in [-0.25, -0.2) is 0 Å². The molecule has 0 saturated heterocycles. The Hall–Kier alpha value is -3.19. The van der Waals surface area contributed by atoms with Crippen LogP contribution in [0.1, 0.15) is 19.4 Å². The van der Waals surface area contributed by atoms with Gasteiger partial charge in [-0.2, -0.15) is 0 Å². The van der Waals surface area contributed by atoms with E-state index in [0.717, 1.165) is 0 Å². The summed E-state index contributed by atoms with van der Waals surface area (Å²) >= 11 is 0. The Morgan fingerprint density at radius 3 is 2.54 bits per heavy atom. The number of aromatic hydroxyl groups is 3. The zero-order chi connectivity index (χ0) is 20.4. The van der Waals surface area contributed by atoms with E-state index in [1.807, 2.05) is 13.8 Å². The molecule has 0 unspecified atom stereocenters. The van der Waals surface area contributed by atoms with Crippen molar-refractivity contribution in [2.45, 2.75) is 20.3 Å². The highest BCUT2D eigenvalue weighted by Crippen LogP contribution is 2.37. The van der Waals surface area contributed by atoms with Crippen LogP contribution in [-0.4, -0.2) is 33.6 Å². The smallest absolute Gasteiger partial charge is 0.238 e. The van der Waals surface area contributed by atoms with Crippen LogP contribution in [-0.2, 0) is 6.42 Å². The molecule has 0 aliphatic carbocycles. The Morgan fingerprint density at radius 2 is 1.86 bits per heavy atom. The number of aliphatic hydroxyl groups is 1. The van der Waals surface area contributed by atoms with Gasteiger partial charge in [0.15, 0.2) is 5.76 Å². The Kier molecular flexibility index (Phi) is 5.46. The predicted octanol–water partition coefficient (Wildman–Crippen LogP) is 3.15. The fourth-order valence-electron chi connectivity index (χ4n) is 3.06. The molecule has 0 saturated carbocycles. The summed E-state index contributed by atoms with van der Waals surface area (Å²) in [5.41, 5.74) is 0.399. The van der Waals surface area contributed by atoms with Crippen LogP contribution < -0.4 is 10.2 Å². The molecule has 0 fully saturated rings. The summed E-state index contributed by atoms with van der Waals surface area (Å²) < 4.78 is 11.0. The number of phenolic OH excluding ortho intramolecular Hbond substituents is 2. The molecular formula is C21H22O7. The second kappa shape index (κ2) is 7.82. The summed E-state index contributed by atoms with van der Waals surface area (Å²) in [5.74, 6) is -0.439. The molecule has 0 spiro atoms. The highest BCUT2D eigenvalue weighted by atomic mass is 16.5. The average molecular weight is 386 g/mol. The largest absolute Gasteiger partial charge is 0.508 e. The van der Waals surface area contributed by atoms with E-state index in [1.54, 1.807) is 6.07 Å². The standard InChI is InChI=1S/C21H22O7/c1-11(2)7-13-8-12(3-4-15(13)24)21-20(26)19(25)18-16(27-6-5-22)9-14(23)10-17(18)28-21/h3-4,8-11,22-24,26H,5-7H2,1-2H3. The summed E-state index contributed by atoms with van der Waals surface area (Å²) in [7, 11) is 0. The number of ether oxygens (including phenoxy) is 1. The van der Waals surface area contributed by atoms with E-state index in [1.165, 1.54) is 24.3 Å². The number of phenols is 2. The van der Waals surface area contributed by atoms with Gasteiger partial charge in [0.25, 0.3) is 0 Å². The topological polar surface area (TPSA) is 120 Å². The summed E-state index contributed by atoms with van der Waals surface area (Å²) in [6.45, 7) is 3.66. The minimum absolute atomic E-state index is 0.00542. The lowest BCUT2D eigenvalue weighted by atomic mass is 9.98. The molecular weight excluding hydrogens is 364 g/mol. The molecule has 3 rings (SSSR count). The molecule has 7 nitrogen and oxygen atoms in total. The first-order chi connectivity index (χ1) is 13.3. The van der Waals surface area contributed by atoms with Crippen molar-refractivity contribution in [3.8, 4) is 34.3 Å². The molecule has 3 aromatic rings. The molecule has 7 heteroatoms. The van der Waals surface area contributed by atoms with Gasteiger partial charge in [-0.1, -0.05) is 13.8 Å². The second-order valence-corrected chi connectivity index (χ2v) is 6.94. The maximum absolute atomic E-state index is 12.8. The average Bonchev–Trinajstić information content (AvgIpc) is 2.64. The Morgan fingerprint density at radius 1 is 1.11 bits per heavy atom. The fraction of sp³-hybridized carbons (Fsp3) is 0.286. The lowest BCUT2D eigenvalue weighted by molar-refractivity contribution is 0.202. The van der Waals surface area contributed by atoms with Gasteiger partial charge in [-0.3, -0.25) is 4.79 Å². The van der Waals surface area contributed by atoms with Gasteiger partial charge >= 0.3 is 0 Å². The second-order valence-electron chi connectivity index (χ2n) is 6.94. The van der Waals surface area contributed by atoms with E-state index in [0.29, 0.717) is 23.5 Å². The van der Waals surface area contributed by atoms with Crippen molar-refractivity contribution in [3.05, 3.63) is 46.1 Å². The molecule has 0 radical (unpaired) electrons. The van der Waals surface area contributed by atoms with E-state index in [-0.39, 0.29) is 47.2 Å². The third-order valence-corrected chi connectivity index (χ3v) is 4.24. The lowest BCUT2D eigenvalue weighted by Crippen LogP contribution is -2.08. The van der Waals surface area contributed by atoms with Crippen LogP contribution in [0, 0.1) is 5.92 Å². The van der Waals surface area contributed by atoms with E-state index >= 15 is 0 Å². The molecule has 1 aromatic heterocycles. The molecule has 0 amide bonds. The first-order valence-electron chi connectivity index (χ1n) is 8.90. The number of hydrogen-bond acceptors (Lipinski definition) is 7. The predicted molar refractivity (Wildman–Crippen MR) is 104 cm³/mol. The first kappa shape index (κ1) is 19.6. The molecule has 4 N–H and O–H groups in total. The third-order valence-electron chi connectivity index (χ3n) is 4.24. The number of aliphatic hydroxyl groups excluding tert-OH is 1. The maximum atomic E-state index is 12.8. The molecule has 2 aromatic carbocycles. The first-order valence-corrected chi connectivity index (χ1v) is 8.90. The highest BCUT2D eigenvalue weighted by molar-refractivity contribution is 5.88. The van der Waals surface area contributed by atoms with E-state index in [9.17, 15) is 20.1 Å². The summed E-state index contributed by atoms with van der Waals surface area (Å²) in [4.78, 5) is 12.8. The summed E-state index contributed by atoms with van der Waals surface area (Å²) in [6.07, 6.45) is 0.609. The van der Waals surface area contributed by atoms with E-state index < -0.39 is 11.2 Å². The highest BCUT2D eigenvalue weighted by Gasteiger charge is 2.20. The lowest BCUT2D eigenvalue weighted by Gasteiger charge is -2.12. The van der Waals surface area contributed by atoms with Crippen molar-refractivity contribution in [3.63, 3.8) is 0 Å². The molecule has 0 aliphatic heterocycles. The molecule has 1 heterocycles. The van der Waals surface area contributed by atoms with Gasteiger partial charge in [0.2, 0.25) is 11.2 Å². The molecule has 148 valence electrons. The van der Waals surface area contributed by atoms with Gasteiger partial charge in [-0.05, 0) is 36.1 Å². The van der Waals surface area contributed by atoms with Gasteiger partial charge in [-0.15, -0.1) is 0 Å².